The van der Waals surface area contributed by atoms with Gasteiger partial charge in [0.05, 0.1) is 19.1 Å². The van der Waals surface area contributed by atoms with Crippen LogP contribution in [0, 0.1) is 14.4 Å². The topological polar surface area (TPSA) is 88.5 Å². The Morgan fingerprint density at radius 2 is 1.25 bits per heavy atom. The molecule has 0 N–H and O–H groups in total. The van der Waals surface area contributed by atoms with E-state index in [0.29, 0.717) is 16.8 Å². The van der Waals surface area contributed by atoms with Gasteiger partial charge in [0.15, 0.2) is 0 Å². The monoisotopic (exact) mass is 615 g/mol. The third-order valence-electron chi connectivity index (χ3n) is 4.84. The molecule has 0 unspecified atom stereocenters. The summed E-state index contributed by atoms with van der Waals surface area (Å²) in [6.45, 7) is 1.86. The summed E-state index contributed by atoms with van der Waals surface area (Å²) >= 11 is 0. The maximum Gasteiger partial charge on any atom is 2.00 e. The molecular formula is C27H28NO5PPdS. The van der Waals surface area contributed by atoms with Crippen LogP contribution in [0.3, 0.4) is 0 Å². The minimum absolute atomic E-state index is 0. The van der Waals surface area contributed by atoms with Crippen LogP contribution in [0.2, 0.25) is 0 Å². The van der Waals surface area contributed by atoms with Gasteiger partial charge in [-0.1, -0.05) is 54.1 Å². The molecule has 0 bridgehead atoms. The predicted octanol–water partition coefficient (Wildman–Crippen LogP) is 4.20. The van der Waals surface area contributed by atoms with Crippen molar-refractivity contribution in [1.29, 1.82) is 0 Å². The van der Waals surface area contributed by atoms with Gasteiger partial charge in [0.1, 0.15) is 21.6 Å². The Balaban J connectivity index is 0.000000711. The van der Waals surface area contributed by atoms with E-state index in [1.807, 2.05) is 73.7 Å². The van der Waals surface area contributed by atoms with Gasteiger partial charge in [-0.15, -0.1) is 0 Å². The van der Waals surface area contributed by atoms with Crippen molar-refractivity contribution in [3.05, 3.63) is 110 Å². The van der Waals surface area contributed by atoms with Gasteiger partial charge in [0.2, 0.25) is 0 Å². The molecule has 4 rings (SSSR count). The first-order valence-corrected chi connectivity index (χ1v) is 13.1. The molecule has 3 aromatic carbocycles. The van der Waals surface area contributed by atoms with E-state index in [9.17, 15) is 13.0 Å². The maximum absolute atomic E-state index is 12.0. The zero-order valence-electron chi connectivity index (χ0n) is 20.4. The number of rotatable bonds is 6. The van der Waals surface area contributed by atoms with E-state index in [4.69, 9.17) is 9.47 Å². The fraction of sp³-hybridized carbons (Fsp3) is 0.111. The summed E-state index contributed by atoms with van der Waals surface area (Å²) in [5, 5.41) is 2.07. The van der Waals surface area contributed by atoms with Crippen LogP contribution in [0.4, 0.5) is 0 Å². The molecule has 1 aromatic heterocycles. The van der Waals surface area contributed by atoms with Crippen LogP contribution in [0.5, 0.6) is 11.5 Å². The molecule has 0 spiro atoms. The van der Waals surface area contributed by atoms with Crippen LogP contribution in [0.15, 0.2) is 102 Å². The largest absolute Gasteiger partial charge is 2.00 e. The maximum atomic E-state index is 12.0. The Kier molecular flexibility index (Phi) is 13.0. The van der Waals surface area contributed by atoms with Crippen LogP contribution in [0.25, 0.3) is 0 Å². The zero-order valence-corrected chi connectivity index (χ0v) is 23.7. The fourth-order valence-electron chi connectivity index (χ4n) is 3.34. The third-order valence-corrected chi connectivity index (χ3v) is 8.44. The molecule has 0 fully saturated rings. The smallest absolute Gasteiger partial charge is 0.744 e. The summed E-state index contributed by atoms with van der Waals surface area (Å²) in [5.74, 6) is 1.24. The van der Waals surface area contributed by atoms with Gasteiger partial charge in [-0.3, -0.25) is 4.98 Å². The Labute approximate surface area is 228 Å². The van der Waals surface area contributed by atoms with Crippen molar-refractivity contribution in [3.8, 4) is 11.5 Å². The SMILES string of the molecule is COc1ccccc1P(c1ccccc1OC)c1cc(C)ccc1S(=O)(=O)[O-].[CH3-].[Pd+2].c1ccncc1. The molecule has 0 aliphatic rings. The number of nitrogens with zero attached hydrogens (tertiary/aromatic N) is 1. The van der Waals surface area contributed by atoms with Crippen molar-refractivity contribution in [2.24, 2.45) is 0 Å². The molecule has 0 amide bonds. The summed E-state index contributed by atoms with van der Waals surface area (Å²) in [7, 11) is -2.96. The number of aromatic nitrogens is 1. The first-order valence-electron chi connectivity index (χ1n) is 10.3. The molecule has 0 saturated heterocycles. The average Bonchev–Trinajstić information content (AvgIpc) is 2.85. The summed E-state index contributed by atoms with van der Waals surface area (Å²) < 4.78 is 47.2. The molecule has 9 heteroatoms. The summed E-state index contributed by atoms with van der Waals surface area (Å²) in [4.78, 5) is 3.56. The first-order chi connectivity index (χ1) is 16.4. The minimum atomic E-state index is -4.67. The zero-order chi connectivity index (χ0) is 24.6. The second-order valence-corrected chi connectivity index (χ2v) is 10.6. The standard InChI is InChI=1S/C21H21O5PS.C5H5N.CH3.Pd/c1-15-12-13-21(28(22,23)24)20(14-15)27(18-10-6-4-8-16(18)25-2)19-11-7-5-9-17(19)26-3;1-2-4-6-5-3-1;;/h4-14H,1-3H3,(H,22,23,24);1-5H;1H3;/q;;-1;+2/p-1. The van der Waals surface area contributed by atoms with E-state index < -0.39 is 18.0 Å². The van der Waals surface area contributed by atoms with Crippen molar-refractivity contribution in [2.75, 3.05) is 14.2 Å². The van der Waals surface area contributed by atoms with Crippen LogP contribution >= 0.6 is 7.92 Å². The first kappa shape index (κ1) is 31.4. The predicted molar refractivity (Wildman–Crippen MR) is 142 cm³/mol. The Hall–Kier alpha value is -2.59. The molecule has 6 nitrogen and oxygen atoms in total. The van der Waals surface area contributed by atoms with Crippen molar-refractivity contribution >= 4 is 34.0 Å². The molecule has 36 heavy (non-hydrogen) atoms. The van der Waals surface area contributed by atoms with Crippen LogP contribution in [0.1, 0.15) is 5.56 Å². The van der Waals surface area contributed by atoms with Gasteiger partial charge in [-0.25, -0.2) is 8.42 Å². The number of benzene rings is 3. The van der Waals surface area contributed by atoms with Crippen molar-refractivity contribution in [1.82, 2.24) is 4.98 Å². The fourth-order valence-corrected chi connectivity index (χ4v) is 7.15. The molecule has 0 aliphatic heterocycles. The van der Waals surface area contributed by atoms with Crippen LogP contribution in [-0.2, 0) is 30.5 Å². The van der Waals surface area contributed by atoms with Gasteiger partial charge >= 0.3 is 20.4 Å². The number of hydrogen-bond donors (Lipinski definition) is 0. The molecule has 192 valence electrons. The Bertz CT molecular complexity index is 1260. The summed E-state index contributed by atoms with van der Waals surface area (Å²) in [6.07, 6.45) is 3.50. The van der Waals surface area contributed by atoms with Crippen molar-refractivity contribution in [2.45, 2.75) is 11.8 Å². The van der Waals surface area contributed by atoms with Gasteiger partial charge in [-0.05, 0) is 51.2 Å². The summed E-state index contributed by atoms with van der Waals surface area (Å²) in [6, 6.07) is 25.3. The van der Waals surface area contributed by atoms with Gasteiger partial charge in [0, 0.05) is 28.3 Å². The van der Waals surface area contributed by atoms with Crippen LogP contribution in [-0.4, -0.2) is 32.2 Å². The summed E-state index contributed by atoms with van der Waals surface area (Å²) in [5.41, 5.74) is 0.861. The molecule has 0 saturated carbocycles. The number of aryl methyl sites for hydroxylation is 1. The average molecular weight is 616 g/mol. The van der Waals surface area contributed by atoms with E-state index in [1.165, 1.54) is 6.07 Å². The number of ether oxygens (including phenoxy) is 2. The van der Waals surface area contributed by atoms with E-state index >= 15 is 0 Å². The van der Waals surface area contributed by atoms with Crippen molar-refractivity contribution < 1.29 is 42.9 Å². The van der Waals surface area contributed by atoms with E-state index in [1.54, 1.807) is 38.7 Å². The Morgan fingerprint density at radius 1 is 0.750 bits per heavy atom. The minimum Gasteiger partial charge on any atom is -0.744 e. The molecule has 0 radical (unpaired) electrons. The third kappa shape index (κ3) is 7.96. The molecule has 0 atom stereocenters. The molecule has 0 aliphatic carbocycles. The van der Waals surface area contributed by atoms with Gasteiger partial charge < -0.3 is 21.5 Å². The van der Waals surface area contributed by atoms with Crippen molar-refractivity contribution in [3.63, 3.8) is 0 Å². The van der Waals surface area contributed by atoms with Gasteiger partial charge in [0.25, 0.3) is 0 Å². The van der Waals surface area contributed by atoms with E-state index in [2.05, 4.69) is 4.98 Å². The van der Waals surface area contributed by atoms with Gasteiger partial charge in [-0.2, -0.15) is 0 Å². The molecular weight excluding hydrogens is 588 g/mol. The number of hydrogen-bond acceptors (Lipinski definition) is 6. The Morgan fingerprint density at radius 3 is 1.64 bits per heavy atom. The number of para-hydroxylation sites is 2. The second-order valence-electron chi connectivity index (χ2n) is 7.13. The second kappa shape index (κ2) is 14.8. The quantitative estimate of drug-likeness (QED) is 0.140. The molecule has 4 aromatic rings. The van der Waals surface area contributed by atoms with E-state index in [0.717, 1.165) is 16.2 Å². The number of methoxy groups -OCH3 is 2. The van der Waals surface area contributed by atoms with E-state index in [-0.39, 0.29) is 32.7 Å². The molecule has 1 heterocycles. The number of pyridine rings is 1. The normalized spacial score (nSPS) is 10.2. The van der Waals surface area contributed by atoms with Crippen LogP contribution < -0.4 is 25.4 Å².